The number of hydrogen-bond donors (Lipinski definition) is 4. The van der Waals surface area contributed by atoms with Gasteiger partial charge in [-0.1, -0.05) is 13.8 Å². The largest absolute Gasteiger partial charge is 0.394 e. The van der Waals surface area contributed by atoms with Gasteiger partial charge >= 0.3 is 0 Å². The van der Waals surface area contributed by atoms with Gasteiger partial charge in [0.1, 0.15) is 10.6 Å². The number of aromatic amines is 1. The predicted octanol–water partition coefficient (Wildman–Crippen LogP) is -0.872. The fourth-order valence-electron chi connectivity index (χ4n) is 1.78. The Hall–Kier alpha value is -1.42. The zero-order chi connectivity index (χ0) is 16.0. The maximum atomic E-state index is 12.3. The molecule has 21 heavy (non-hydrogen) atoms. The number of nitrogens with one attached hydrogen (secondary N) is 2. The molecule has 120 valence electrons. The number of H-pyrrole nitrogens is 1. The van der Waals surface area contributed by atoms with Gasteiger partial charge in [-0.3, -0.25) is 4.79 Å². The molecule has 0 saturated carbocycles. The van der Waals surface area contributed by atoms with E-state index in [9.17, 15) is 13.2 Å². The van der Waals surface area contributed by atoms with Crippen molar-refractivity contribution < 1.29 is 23.4 Å². The minimum atomic E-state index is -3.63. The summed E-state index contributed by atoms with van der Waals surface area (Å²) in [6.45, 7) is 3.31. The average Bonchev–Trinajstić information content (AvgIpc) is 2.96. The van der Waals surface area contributed by atoms with Crippen LogP contribution in [0.15, 0.2) is 17.2 Å². The van der Waals surface area contributed by atoms with Gasteiger partial charge < -0.3 is 20.5 Å². The molecule has 0 saturated heterocycles. The second-order valence-corrected chi connectivity index (χ2v) is 6.31. The first-order valence-electron chi connectivity index (χ1n) is 6.61. The first-order chi connectivity index (χ1) is 9.90. The van der Waals surface area contributed by atoms with Crippen molar-refractivity contribution in [2.75, 3.05) is 26.3 Å². The lowest BCUT2D eigenvalue weighted by Gasteiger charge is -2.17. The minimum absolute atomic E-state index is 0.000830. The van der Waals surface area contributed by atoms with Crippen LogP contribution >= 0.6 is 0 Å². The summed E-state index contributed by atoms with van der Waals surface area (Å²) in [6, 6.07) is 0.443. The van der Waals surface area contributed by atoms with Gasteiger partial charge in [0.25, 0.3) is 5.91 Å². The third kappa shape index (κ3) is 4.03. The quantitative estimate of drug-likeness (QED) is 0.496. The van der Waals surface area contributed by atoms with E-state index in [-0.39, 0.29) is 10.6 Å². The summed E-state index contributed by atoms with van der Waals surface area (Å²) in [5.41, 5.74) is 0.0487. The van der Waals surface area contributed by atoms with Crippen molar-refractivity contribution in [2.45, 2.75) is 24.8 Å². The van der Waals surface area contributed by atoms with Gasteiger partial charge in [0.05, 0.1) is 19.3 Å². The van der Waals surface area contributed by atoms with E-state index in [0.717, 1.165) is 0 Å². The standard InChI is InChI=1S/C12H21N3O5S/c1-3-15(4-2)21(19,20)10-5-11(13-6-10)12(18)14-9(7-16)8-17/h5-6,9,13,16-17H,3-4,7-8H2,1-2H3,(H,14,18). The van der Waals surface area contributed by atoms with Crippen LogP contribution in [-0.4, -0.2) is 66.2 Å². The van der Waals surface area contributed by atoms with Gasteiger partial charge in [0, 0.05) is 19.3 Å². The summed E-state index contributed by atoms with van der Waals surface area (Å²) < 4.78 is 25.8. The van der Waals surface area contributed by atoms with Crippen molar-refractivity contribution in [1.82, 2.24) is 14.6 Å². The number of aromatic nitrogens is 1. The van der Waals surface area contributed by atoms with Crippen LogP contribution in [0.2, 0.25) is 0 Å². The van der Waals surface area contributed by atoms with E-state index in [0.29, 0.717) is 13.1 Å². The van der Waals surface area contributed by atoms with E-state index in [4.69, 9.17) is 10.2 Å². The second-order valence-electron chi connectivity index (χ2n) is 4.37. The number of aliphatic hydroxyl groups excluding tert-OH is 2. The summed E-state index contributed by atoms with van der Waals surface area (Å²) in [5.74, 6) is -0.593. The number of carbonyl (C=O) groups excluding carboxylic acids is 1. The number of aliphatic hydroxyl groups is 2. The molecule has 0 radical (unpaired) electrons. The number of nitrogens with zero attached hydrogens (tertiary/aromatic N) is 1. The average molecular weight is 319 g/mol. The lowest BCUT2D eigenvalue weighted by atomic mass is 10.3. The summed E-state index contributed by atoms with van der Waals surface area (Å²) in [7, 11) is -3.63. The number of sulfonamides is 1. The number of rotatable bonds is 8. The molecular formula is C12H21N3O5S. The van der Waals surface area contributed by atoms with Crippen molar-refractivity contribution in [2.24, 2.45) is 0 Å². The molecule has 4 N–H and O–H groups in total. The monoisotopic (exact) mass is 319 g/mol. The van der Waals surface area contributed by atoms with Crippen LogP contribution in [0, 0.1) is 0 Å². The molecule has 0 atom stereocenters. The van der Waals surface area contributed by atoms with Crippen LogP contribution in [-0.2, 0) is 10.0 Å². The molecule has 0 aliphatic heterocycles. The van der Waals surface area contributed by atoms with Gasteiger partial charge in [-0.05, 0) is 6.07 Å². The first kappa shape index (κ1) is 17.6. The molecule has 0 spiro atoms. The summed E-state index contributed by atoms with van der Waals surface area (Å²) in [6.07, 6.45) is 1.25. The summed E-state index contributed by atoms with van der Waals surface area (Å²) >= 11 is 0. The molecule has 1 aromatic heterocycles. The fourth-order valence-corrected chi connectivity index (χ4v) is 3.23. The van der Waals surface area contributed by atoms with E-state index in [1.165, 1.54) is 16.6 Å². The molecule has 1 aromatic rings. The molecule has 9 heteroatoms. The van der Waals surface area contributed by atoms with E-state index in [2.05, 4.69) is 10.3 Å². The van der Waals surface area contributed by atoms with Crippen molar-refractivity contribution >= 4 is 15.9 Å². The van der Waals surface area contributed by atoms with Gasteiger partial charge in [0.2, 0.25) is 10.0 Å². The zero-order valence-electron chi connectivity index (χ0n) is 12.0. The Morgan fingerprint density at radius 3 is 2.38 bits per heavy atom. The molecule has 0 aromatic carbocycles. The van der Waals surface area contributed by atoms with E-state index < -0.39 is 35.2 Å². The molecule has 1 heterocycles. The zero-order valence-corrected chi connectivity index (χ0v) is 12.9. The van der Waals surface area contributed by atoms with Gasteiger partial charge in [0.15, 0.2) is 0 Å². The molecule has 0 aliphatic carbocycles. The molecule has 0 fully saturated rings. The van der Waals surface area contributed by atoms with E-state index >= 15 is 0 Å². The predicted molar refractivity (Wildman–Crippen MR) is 76.3 cm³/mol. The van der Waals surface area contributed by atoms with Crippen molar-refractivity contribution in [1.29, 1.82) is 0 Å². The minimum Gasteiger partial charge on any atom is -0.394 e. The Labute approximate surface area is 123 Å². The molecule has 0 aliphatic rings. The fraction of sp³-hybridized carbons (Fsp3) is 0.583. The second kappa shape index (κ2) is 7.55. The maximum absolute atomic E-state index is 12.3. The van der Waals surface area contributed by atoms with Crippen molar-refractivity contribution in [3.05, 3.63) is 18.0 Å². The molecule has 0 bridgehead atoms. The van der Waals surface area contributed by atoms with Crippen LogP contribution in [0.5, 0.6) is 0 Å². The topological polar surface area (TPSA) is 123 Å². The number of carbonyl (C=O) groups is 1. The summed E-state index contributed by atoms with van der Waals surface area (Å²) in [5, 5.41) is 20.2. The van der Waals surface area contributed by atoms with Crippen LogP contribution in [0.25, 0.3) is 0 Å². The Bertz CT molecular complexity index is 561. The van der Waals surface area contributed by atoms with E-state index in [1.807, 2.05) is 0 Å². The van der Waals surface area contributed by atoms with Crippen LogP contribution in [0.4, 0.5) is 0 Å². The molecular weight excluding hydrogens is 298 g/mol. The molecule has 1 amide bonds. The highest BCUT2D eigenvalue weighted by atomic mass is 32.2. The highest BCUT2D eigenvalue weighted by molar-refractivity contribution is 7.89. The van der Waals surface area contributed by atoms with Crippen LogP contribution in [0.1, 0.15) is 24.3 Å². The SMILES string of the molecule is CCN(CC)S(=O)(=O)c1c[nH]c(C(=O)NC(CO)CO)c1. The van der Waals surface area contributed by atoms with Gasteiger partial charge in [-0.25, -0.2) is 8.42 Å². The molecule has 1 rings (SSSR count). The van der Waals surface area contributed by atoms with Crippen molar-refractivity contribution in [3.8, 4) is 0 Å². The van der Waals surface area contributed by atoms with Gasteiger partial charge in [-0.15, -0.1) is 0 Å². The Morgan fingerprint density at radius 1 is 1.33 bits per heavy atom. The van der Waals surface area contributed by atoms with Crippen LogP contribution < -0.4 is 5.32 Å². The lowest BCUT2D eigenvalue weighted by Crippen LogP contribution is -2.40. The lowest BCUT2D eigenvalue weighted by molar-refractivity contribution is 0.0875. The Balaban J connectivity index is 2.93. The smallest absolute Gasteiger partial charge is 0.268 e. The number of amides is 1. The normalized spacial score (nSPS) is 12.1. The third-order valence-electron chi connectivity index (χ3n) is 3.02. The number of hydrogen-bond acceptors (Lipinski definition) is 5. The maximum Gasteiger partial charge on any atom is 0.268 e. The first-order valence-corrected chi connectivity index (χ1v) is 8.05. The molecule has 8 nitrogen and oxygen atoms in total. The highest BCUT2D eigenvalue weighted by Crippen LogP contribution is 2.16. The van der Waals surface area contributed by atoms with Crippen molar-refractivity contribution in [3.63, 3.8) is 0 Å². The third-order valence-corrected chi connectivity index (χ3v) is 5.05. The molecule has 0 unspecified atom stereocenters. The van der Waals surface area contributed by atoms with Gasteiger partial charge in [-0.2, -0.15) is 4.31 Å². The summed E-state index contributed by atoms with van der Waals surface area (Å²) in [4.78, 5) is 14.4. The highest BCUT2D eigenvalue weighted by Gasteiger charge is 2.24. The van der Waals surface area contributed by atoms with Crippen LogP contribution in [0.3, 0.4) is 0 Å². The Morgan fingerprint density at radius 2 is 1.90 bits per heavy atom. The Kier molecular flexibility index (Phi) is 6.34. The van der Waals surface area contributed by atoms with E-state index in [1.54, 1.807) is 13.8 Å².